The lowest BCUT2D eigenvalue weighted by Crippen LogP contribution is -2.37. The lowest BCUT2D eigenvalue weighted by atomic mass is 9.97. The maximum absolute atomic E-state index is 11.9. The minimum Gasteiger partial charge on any atom is -0.356 e. The van der Waals surface area contributed by atoms with Gasteiger partial charge in [0.1, 0.15) is 6.04 Å². The zero-order valence-electron chi connectivity index (χ0n) is 12.7. The fraction of sp³-hybridized carbons (Fsp3) is 0.667. The van der Waals surface area contributed by atoms with Gasteiger partial charge in [0, 0.05) is 20.6 Å². The minimum atomic E-state index is -0.670. The molecule has 0 bridgehead atoms. The van der Waals surface area contributed by atoms with Crippen molar-refractivity contribution in [2.75, 3.05) is 20.6 Å². The zero-order chi connectivity index (χ0) is 15.4. The second kappa shape index (κ2) is 6.74. The number of nitrogens with one attached hydrogen (secondary N) is 1. The molecule has 6 nitrogen and oxygen atoms in total. The number of rotatable bonds is 5. The Hall–Kier alpha value is -1.85. The molecule has 1 aliphatic carbocycles. The molecule has 2 rings (SSSR count). The Balaban J connectivity index is 1.75. The number of nitrogens with zero attached hydrogens (tertiary/aromatic N) is 2. The summed E-state index contributed by atoms with van der Waals surface area (Å²) < 4.78 is 0. The van der Waals surface area contributed by atoms with Gasteiger partial charge in [-0.2, -0.15) is 0 Å². The van der Waals surface area contributed by atoms with Crippen molar-refractivity contribution in [2.45, 2.75) is 44.6 Å². The van der Waals surface area contributed by atoms with E-state index < -0.39 is 6.04 Å². The number of hydrogen-bond donors (Lipinski definition) is 1. The molecule has 1 fully saturated rings. The van der Waals surface area contributed by atoms with E-state index in [0.717, 1.165) is 24.2 Å². The summed E-state index contributed by atoms with van der Waals surface area (Å²) in [4.78, 5) is 37.8. The van der Waals surface area contributed by atoms with Crippen LogP contribution in [0.1, 0.15) is 38.5 Å². The normalized spacial score (nSPS) is 22.6. The molecule has 0 aromatic heterocycles. The van der Waals surface area contributed by atoms with E-state index in [-0.39, 0.29) is 24.3 Å². The number of imide groups is 1. The van der Waals surface area contributed by atoms with Crippen molar-refractivity contribution in [2.24, 2.45) is 0 Å². The van der Waals surface area contributed by atoms with Crippen LogP contribution < -0.4 is 5.32 Å². The molecule has 4 amide bonds. The third-order valence-electron chi connectivity index (χ3n) is 4.20. The number of carbonyl (C=O) groups excluding carboxylic acids is 3. The van der Waals surface area contributed by atoms with E-state index in [1.165, 1.54) is 30.4 Å². The summed E-state index contributed by atoms with van der Waals surface area (Å²) in [5.74, 6) is -0.493. The van der Waals surface area contributed by atoms with Crippen LogP contribution in [0.3, 0.4) is 0 Å². The monoisotopic (exact) mass is 293 g/mol. The molecule has 1 N–H and O–H groups in total. The third kappa shape index (κ3) is 3.62. The molecule has 0 unspecified atom stereocenters. The van der Waals surface area contributed by atoms with Crippen LogP contribution in [0.15, 0.2) is 11.6 Å². The molecule has 21 heavy (non-hydrogen) atoms. The molecule has 116 valence electrons. The minimum absolute atomic E-state index is 0.0322. The lowest BCUT2D eigenvalue weighted by Gasteiger charge is -2.16. The van der Waals surface area contributed by atoms with Gasteiger partial charge in [0.05, 0.1) is 6.42 Å². The van der Waals surface area contributed by atoms with Gasteiger partial charge in [-0.15, -0.1) is 0 Å². The second-order valence-corrected chi connectivity index (χ2v) is 5.72. The van der Waals surface area contributed by atoms with Gasteiger partial charge in [0.15, 0.2) is 0 Å². The molecule has 0 radical (unpaired) electrons. The van der Waals surface area contributed by atoms with Crippen LogP contribution in [0, 0.1) is 0 Å². The summed E-state index contributed by atoms with van der Waals surface area (Å²) in [5, 5.41) is 2.84. The lowest BCUT2D eigenvalue weighted by molar-refractivity contribution is -0.131. The van der Waals surface area contributed by atoms with Crippen LogP contribution in [0.5, 0.6) is 0 Å². The van der Waals surface area contributed by atoms with Crippen LogP contribution in [-0.4, -0.2) is 54.3 Å². The van der Waals surface area contributed by atoms with Gasteiger partial charge < -0.3 is 10.2 Å². The number of hydrogen-bond acceptors (Lipinski definition) is 3. The predicted octanol–water partition coefficient (Wildman–Crippen LogP) is 1.28. The fourth-order valence-electron chi connectivity index (χ4n) is 2.82. The first-order valence-corrected chi connectivity index (χ1v) is 7.49. The van der Waals surface area contributed by atoms with E-state index in [2.05, 4.69) is 11.4 Å². The molecule has 1 atom stereocenters. The maximum Gasteiger partial charge on any atom is 0.326 e. The van der Waals surface area contributed by atoms with Gasteiger partial charge in [-0.3, -0.25) is 14.5 Å². The van der Waals surface area contributed by atoms with Gasteiger partial charge in [-0.05, 0) is 32.1 Å². The van der Waals surface area contributed by atoms with E-state index in [0.29, 0.717) is 6.54 Å². The first-order chi connectivity index (χ1) is 10.0. The average molecular weight is 293 g/mol. The largest absolute Gasteiger partial charge is 0.356 e. The third-order valence-corrected chi connectivity index (χ3v) is 4.20. The fourth-order valence-corrected chi connectivity index (χ4v) is 2.82. The van der Waals surface area contributed by atoms with Crippen molar-refractivity contribution in [3.63, 3.8) is 0 Å². The number of allylic oxidation sites excluding steroid dienone is 1. The van der Waals surface area contributed by atoms with Gasteiger partial charge in [-0.25, -0.2) is 4.79 Å². The molecule has 0 saturated carbocycles. The van der Waals surface area contributed by atoms with Crippen molar-refractivity contribution in [1.82, 2.24) is 15.1 Å². The summed E-state index contributed by atoms with van der Waals surface area (Å²) in [5.41, 5.74) is 1.41. The van der Waals surface area contributed by atoms with Gasteiger partial charge in [0.2, 0.25) is 5.91 Å². The Labute approximate surface area is 125 Å². The quantitative estimate of drug-likeness (QED) is 0.613. The molecular formula is C15H23N3O3. The summed E-state index contributed by atoms with van der Waals surface area (Å²) in [6.45, 7) is 0.596. The first kappa shape index (κ1) is 15.5. The molecule has 1 heterocycles. The van der Waals surface area contributed by atoms with Crippen LogP contribution in [-0.2, 0) is 9.59 Å². The van der Waals surface area contributed by atoms with Crippen LogP contribution in [0.2, 0.25) is 0 Å². The molecule has 1 saturated heterocycles. The zero-order valence-corrected chi connectivity index (χ0v) is 12.7. The molecule has 1 aliphatic heterocycles. The van der Waals surface area contributed by atoms with Crippen molar-refractivity contribution in [3.8, 4) is 0 Å². The topological polar surface area (TPSA) is 69.7 Å². The van der Waals surface area contributed by atoms with E-state index in [1.54, 1.807) is 7.05 Å². The van der Waals surface area contributed by atoms with Gasteiger partial charge >= 0.3 is 6.03 Å². The Bertz CT molecular complexity index is 473. The molecule has 6 heteroatoms. The van der Waals surface area contributed by atoms with Crippen LogP contribution in [0.25, 0.3) is 0 Å². The van der Waals surface area contributed by atoms with Crippen LogP contribution >= 0.6 is 0 Å². The SMILES string of the molecule is CN1C(=O)[C@H](CC(=O)NCCC2=CCCCC2)N(C)C1=O. The molecular weight excluding hydrogens is 270 g/mol. The van der Waals surface area contributed by atoms with E-state index in [4.69, 9.17) is 0 Å². The maximum atomic E-state index is 11.9. The van der Waals surface area contributed by atoms with Crippen molar-refractivity contribution in [1.29, 1.82) is 0 Å². The molecule has 2 aliphatic rings. The van der Waals surface area contributed by atoms with E-state index in [1.807, 2.05) is 0 Å². The Morgan fingerprint density at radius 1 is 1.33 bits per heavy atom. The highest BCUT2D eigenvalue weighted by Crippen LogP contribution is 2.19. The number of likely N-dealkylation sites (N-methyl/N-ethyl adjacent to an activating group) is 2. The highest BCUT2D eigenvalue weighted by Gasteiger charge is 2.41. The van der Waals surface area contributed by atoms with Gasteiger partial charge in [0.25, 0.3) is 5.91 Å². The molecule has 0 aromatic carbocycles. The van der Waals surface area contributed by atoms with E-state index in [9.17, 15) is 14.4 Å². The number of amides is 4. The van der Waals surface area contributed by atoms with Crippen molar-refractivity contribution in [3.05, 3.63) is 11.6 Å². The molecule has 0 spiro atoms. The van der Waals surface area contributed by atoms with E-state index >= 15 is 0 Å². The molecule has 0 aromatic rings. The van der Waals surface area contributed by atoms with Crippen molar-refractivity contribution >= 4 is 17.8 Å². The summed E-state index contributed by atoms with van der Waals surface area (Å²) in [7, 11) is 2.99. The Kier molecular flexibility index (Phi) is 4.98. The second-order valence-electron chi connectivity index (χ2n) is 5.72. The summed E-state index contributed by atoms with van der Waals surface area (Å²) >= 11 is 0. The highest BCUT2D eigenvalue weighted by atomic mass is 16.2. The summed E-state index contributed by atoms with van der Waals surface area (Å²) in [6, 6.07) is -1.03. The predicted molar refractivity (Wildman–Crippen MR) is 78.5 cm³/mol. The van der Waals surface area contributed by atoms with Gasteiger partial charge in [-0.1, -0.05) is 11.6 Å². The van der Waals surface area contributed by atoms with Crippen molar-refractivity contribution < 1.29 is 14.4 Å². The Morgan fingerprint density at radius 2 is 2.10 bits per heavy atom. The van der Waals surface area contributed by atoms with Crippen LogP contribution in [0.4, 0.5) is 4.79 Å². The summed E-state index contributed by atoms with van der Waals surface area (Å²) in [6.07, 6.45) is 7.92. The number of urea groups is 1. The standard InChI is InChI=1S/C15H23N3O3/c1-17-12(14(20)18(2)15(17)21)10-13(19)16-9-8-11-6-4-3-5-7-11/h6,12H,3-5,7-10H2,1-2H3,(H,16,19)/t12-/m0/s1. The number of carbonyl (C=O) groups is 3. The Morgan fingerprint density at radius 3 is 2.67 bits per heavy atom. The first-order valence-electron chi connectivity index (χ1n) is 7.49. The smallest absolute Gasteiger partial charge is 0.326 e. The average Bonchev–Trinajstić information content (AvgIpc) is 2.66. The highest BCUT2D eigenvalue weighted by molar-refractivity contribution is 6.05.